The maximum atomic E-state index is 12.9. The Hall–Kier alpha value is -1.39. The lowest BCUT2D eigenvalue weighted by molar-refractivity contribution is -0.131. The van der Waals surface area contributed by atoms with Gasteiger partial charge in [-0.2, -0.15) is 0 Å². The van der Waals surface area contributed by atoms with Crippen LogP contribution < -0.4 is 5.32 Å². The maximum absolute atomic E-state index is 12.9. The van der Waals surface area contributed by atoms with E-state index in [2.05, 4.69) is 40.5 Å². The first-order valence-electron chi connectivity index (χ1n) is 9.93. The van der Waals surface area contributed by atoms with Crippen LogP contribution in [-0.2, 0) is 9.53 Å². The largest absolute Gasteiger partial charge is 0.379 e. The van der Waals surface area contributed by atoms with Gasteiger partial charge in [0.25, 0.3) is 0 Å². The molecule has 5 atom stereocenters. The fraction of sp³-hybridized carbons (Fsp3) is 0.667. The topological polar surface area (TPSA) is 41.6 Å². The Balaban J connectivity index is 1.46. The summed E-state index contributed by atoms with van der Waals surface area (Å²) in [6.07, 6.45) is 5.24. The molecule has 1 aromatic carbocycles. The lowest BCUT2D eigenvalue weighted by Crippen LogP contribution is -2.62. The third-order valence-electron chi connectivity index (χ3n) is 6.65. The Morgan fingerprint density at radius 3 is 2.52 bits per heavy atom. The van der Waals surface area contributed by atoms with Crippen LogP contribution in [0.25, 0.3) is 0 Å². The monoisotopic (exact) mass is 342 g/mol. The Morgan fingerprint density at radius 1 is 1.12 bits per heavy atom. The number of morpholine rings is 1. The quantitative estimate of drug-likeness (QED) is 0.915. The first-order chi connectivity index (χ1) is 12.3. The van der Waals surface area contributed by atoms with Crippen molar-refractivity contribution in [3.05, 3.63) is 35.9 Å². The van der Waals surface area contributed by atoms with Crippen LogP contribution in [0.2, 0.25) is 0 Å². The predicted octanol–water partition coefficient (Wildman–Crippen LogP) is 2.80. The van der Waals surface area contributed by atoms with E-state index in [9.17, 15) is 4.79 Å². The molecule has 1 heterocycles. The minimum atomic E-state index is -0.0667. The average Bonchev–Trinajstić information content (AvgIpc) is 2.67. The molecule has 4 rings (SSSR count). The fourth-order valence-electron chi connectivity index (χ4n) is 5.21. The third kappa shape index (κ3) is 3.34. The van der Waals surface area contributed by atoms with Crippen molar-refractivity contribution in [3.8, 4) is 0 Å². The highest BCUT2D eigenvalue weighted by atomic mass is 16.5. The second-order valence-electron chi connectivity index (χ2n) is 7.91. The van der Waals surface area contributed by atoms with Gasteiger partial charge in [-0.25, -0.2) is 0 Å². The summed E-state index contributed by atoms with van der Waals surface area (Å²) >= 11 is 0. The van der Waals surface area contributed by atoms with E-state index in [0.717, 1.165) is 32.2 Å². The van der Waals surface area contributed by atoms with E-state index < -0.39 is 0 Å². The summed E-state index contributed by atoms with van der Waals surface area (Å²) in [5.41, 5.74) is 1.40. The molecular formula is C21H30N2O2. The normalized spacial score (nSPS) is 33.8. The van der Waals surface area contributed by atoms with Gasteiger partial charge in [0.1, 0.15) is 0 Å². The van der Waals surface area contributed by atoms with E-state index in [1.165, 1.54) is 31.2 Å². The fourth-order valence-corrected chi connectivity index (χ4v) is 5.21. The van der Waals surface area contributed by atoms with Gasteiger partial charge in [-0.1, -0.05) is 43.2 Å². The Morgan fingerprint density at radius 2 is 1.80 bits per heavy atom. The molecule has 4 nitrogen and oxygen atoms in total. The molecule has 0 bridgehead atoms. The van der Waals surface area contributed by atoms with Crippen LogP contribution in [0, 0.1) is 11.8 Å². The van der Waals surface area contributed by atoms with Gasteiger partial charge < -0.3 is 10.1 Å². The van der Waals surface area contributed by atoms with Gasteiger partial charge in [0.15, 0.2) is 0 Å². The number of nitrogens with one attached hydrogen (secondary N) is 1. The van der Waals surface area contributed by atoms with Crippen LogP contribution in [0.4, 0.5) is 0 Å². The molecule has 2 aliphatic carbocycles. The number of nitrogens with zero attached hydrogens (tertiary/aromatic N) is 1. The van der Waals surface area contributed by atoms with Crippen molar-refractivity contribution in [3.63, 3.8) is 0 Å². The molecule has 4 heteroatoms. The van der Waals surface area contributed by atoms with Gasteiger partial charge >= 0.3 is 0 Å². The highest BCUT2D eigenvalue weighted by molar-refractivity contribution is 5.82. The molecule has 1 N–H and O–H groups in total. The zero-order chi connectivity index (χ0) is 17.2. The summed E-state index contributed by atoms with van der Waals surface area (Å²) in [7, 11) is 0. The second kappa shape index (κ2) is 7.46. The molecule has 1 aromatic rings. The summed E-state index contributed by atoms with van der Waals surface area (Å²) in [5, 5.41) is 3.44. The molecule has 3 fully saturated rings. The van der Waals surface area contributed by atoms with Crippen molar-refractivity contribution in [2.75, 3.05) is 26.3 Å². The number of benzene rings is 1. The molecule has 25 heavy (non-hydrogen) atoms. The van der Waals surface area contributed by atoms with Crippen molar-refractivity contribution in [2.45, 2.75) is 50.6 Å². The van der Waals surface area contributed by atoms with Crippen LogP contribution >= 0.6 is 0 Å². The Bertz CT molecular complexity index is 585. The molecule has 0 radical (unpaired) electrons. The summed E-state index contributed by atoms with van der Waals surface area (Å²) in [4.78, 5) is 15.1. The smallest absolute Gasteiger partial charge is 0.237 e. The summed E-state index contributed by atoms with van der Waals surface area (Å²) in [6.45, 7) is 5.22. The highest BCUT2D eigenvalue weighted by Gasteiger charge is 2.52. The van der Waals surface area contributed by atoms with Gasteiger partial charge in [0, 0.05) is 25.0 Å². The molecule has 2 saturated carbocycles. The molecule has 3 aliphatic rings. The highest BCUT2D eigenvalue weighted by Crippen LogP contribution is 2.54. The first-order valence-corrected chi connectivity index (χ1v) is 9.93. The summed E-state index contributed by atoms with van der Waals surface area (Å²) in [6, 6.07) is 11.0. The minimum Gasteiger partial charge on any atom is -0.379 e. The van der Waals surface area contributed by atoms with Crippen molar-refractivity contribution < 1.29 is 9.53 Å². The summed E-state index contributed by atoms with van der Waals surface area (Å²) in [5.74, 6) is 2.10. The van der Waals surface area contributed by atoms with Crippen LogP contribution in [0.5, 0.6) is 0 Å². The van der Waals surface area contributed by atoms with Gasteiger partial charge in [-0.3, -0.25) is 9.69 Å². The number of carbonyl (C=O) groups excluding carboxylic acids is 1. The molecule has 0 aromatic heterocycles. The van der Waals surface area contributed by atoms with Crippen molar-refractivity contribution >= 4 is 5.91 Å². The molecular weight excluding hydrogens is 312 g/mol. The number of hydrogen-bond donors (Lipinski definition) is 1. The van der Waals surface area contributed by atoms with Gasteiger partial charge in [-0.15, -0.1) is 0 Å². The number of hydrogen-bond acceptors (Lipinski definition) is 3. The molecule has 3 unspecified atom stereocenters. The lowest BCUT2D eigenvalue weighted by atomic mass is 9.53. The van der Waals surface area contributed by atoms with E-state index in [-0.39, 0.29) is 11.9 Å². The number of carbonyl (C=O) groups is 1. The molecule has 1 amide bonds. The van der Waals surface area contributed by atoms with E-state index in [4.69, 9.17) is 4.74 Å². The van der Waals surface area contributed by atoms with Crippen molar-refractivity contribution in [1.82, 2.24) is 10.2 Å². The second-order valence-corrected chi connectivity index (χ2v) is 7.91. The van der Waals surface area contributed by atoms with Gasteiger partial charge in [0.2, 0.25) is 5.91 Å². The molecule has 0 spiro atoms. The zero-order valence-corrected chi connectivity index (χ0v) is 15.2. The molecule has 1 saturated heterocycles. The van der Waals surface area contributed by atoms with Gasteiger partial charge in [0.05, 0.1) is 19.3 Å². The van der Waals surface area contributed by atoms with Crippen LogP contribution in [-0.4, -0.2) is 49.2 Å². The van der Waals surface area contributed by atoms with Crippen molar-refractivity contribution in [1.29, 1.82) is 0 Å². The predicted molar refractivity (Wildman–Crippen MR) is 98.4 cm³/mol. The van der Waals surface area contributed by atoms with E-state index in [1.54, 1.807) is 0 Å². The molecule has 1 aliphatic heterocycles. The third-order valence-corrected chi connectivity index (χ3v) is 6.65. The van der Waals surface area contributed by atoms with E-state index >= 15 is 0 Å². The minimum absolute atomic E-state index is 0.0667. The average molecular weight is 342 g/mol. The number of fused-ring (bicyclic) bond motifs is 1. The Kier molecular flexibility index (Phi) is 5.09. The lowest BCUT2D eigenvalue weighted by Gasteiger charge is -2.55. The summed E-state index contributed by atoms with van der Waals surface area (Å²) < 4.78 is 5.42. The number of ether oxygens (including phenoxy) is 1. The zero-order valence-electron chi connectivity index (χ0n) is 15.2. The van der Waals surface area contributed by atoms with E-state index in [1.807, 2.05) is 6.92 Å². The first kappa shape index (κ1) is 17.0. The van der Waals surface area contributed by atoms with Crippen molar-refractivity contribution in [2.24, 2.45) is 11.8 Å². The number of rotatable bonds is 4. The standard InChI is InChI=1S/C21H30N2O2/c1-15(23-11-13-25-14-12-23)21(24)22-20-18-10-6-5-9-17(18)19(20)16-7-3-2-4-8-16/h2-4,7-8,15,17-20H,5-6,9-14H2,1H3,(H,22,24)/t15?,17?,18?,19-,20-/m0/s1. The van der Waals surface area contributed by atoms with Gasteiger partial charge in [-0.05, 0) is 37.2 Å². The van der Waals surface area contributed by atoms with E-state index in [0.29, 0.717) is 17.9 Å². The van der Waals surface area contributed by atoms with Crippen LogP contribution in [0.15, 0.2) is 30.3 Å². The van der Waals surface area contributed by atoms with Crippen LogP contribution in [0.1, 0.15) is 44.1 Å². The number of amides is 1. The molecule has 136 valence electrons. The maximum Gasteiger partial charge on any atom is 0.237 e. The SMILES string of the molecule is CC(C(=O)N[C@H]1C2CCCCC2[C@@H]1c1ccccc1)N1CCOCC1. The Labute approximate surface area is 150 Å². The van der Waals surface area contributed by atoms with Crippen LogP contribution in [0.3, 0.4) is 0 Å².